The molecular weight excluding hydrogens is 208 g/mol. The Labute approximate surface area is 85.3 Å². The molecule has 0 bridgehead atoms. The van der Waals surface area contributed by atoms with Crippen LogP contribution in [0.4, 0.5) is 5.69 Å². The van der Waals surface area contributed by atoms with E-state index in [9.17, 15) is 10.1 Å². The van der Waals surface area contributed by atoms with Gasteiger partial charge in [-0.1, -0.05) is 17.7 Å². The molecule has 6 heteroatoms. The van der Waals surface area contributed by atoms with Gasteiger partial charge < -0.3 is 10.8 Å². The van der Waals surface area contributed by atoms with Crippen LogP contribution >= 0.6 is 11.6 Å². The zero-order chi connectivity index (χ0) is 10.7. The van der Waals surface area contributed by atoms with E-state index in [0.717, 1.165) is 0 Å². The molecule has 0 radical (unpaired) electrons. The Balaban J connectivity index is 3.29. The van der Waals surface area contributed by atoms with E-state index in [0.29, 0.717) is 0 Å². The average Bonchev–Trinajstić information content (AvgIpc) is 2.16. The molecule has 1 rings (SSSR count). The molecule has 1 unspecified atom stereocenters. The molecule has 14 heavy (non-hydrogen) atoms. The summed E-state index contributed by atoms with van der Waals surface area (Å²) in [6.07, 6.45) is 0. The van der Waals surface area contributed by atoms with Crippen molar-refractivity contribution < 1.29 is 10.0 Å². The molecule has 0 aliphatic rings. The maximum absolute atomic E-state index is 10.6. The van der Waals surface area contributed by atoms with Gasteiger partial charge in [-0.2, -0.15) is 0 Å². The molecule has 3 N–H and O–H groups in total. The number of halogens is 1. The minimum Gasteiger partial charge on any atom is -0.394 e. The van der Waals surface area contributed by atoms with Crippen molar-refractivity contribution in [3.05, 3.63) is 38.9 Å². The first-order chi connectivity index (χ1) is 6.57. The predicted octanol–water partition coefficient (Wildman–Crippen LogP) is 1.24. The van der Waals surface area contributed by atoms with Crippen LogP contribution in [0.1, 0.15) is 11.6 Å². The smallest absolute Gasteiger partial charge is 0.275 e. The molecule has 0 amide bonds. The number of nitrogens with two attached hydrogens (primary N) is 1. The second kappa shape index (κ2) is 4.36. The maximum Gasteiger partial charge on any atom is 0.275 e. The fraction of sp³-hybridized carbons (Fsp3) is 0.250. The number of nitro benzene ring substituents is 1. The first kappa shape index (κ1) is 10.9. The molecule has 0 saturated carbocycles. The molecule has 0 heterocycles. The van der Waals surface area contributed by atoms with Crippen LogP contribution in [-0.2, 0) is 0 Å². The van der Waals surface area contributed by atoms with Crippen molar-refractivity contribution in [3.63, 3.8) is 0 Å². The predicted molar refractivity (Wildman–Crippen MR) is 52.1 cm³/mol. The van der Waals surface area contributed by atoms with E-state index in [2.05, 4.69) is 0 Å². The van der Waals surface area contributed by atoms with E-state index in [-0.39, 0.29) is 22.9 Å². The number of aliphatic hydroxyl groups excluding tert-OH is 1. The number of nitrogens with zero attached hydrogens (tertiary/aromatic N) is 1. The second-order valence-corrected chi connectivity index (χ2v) is 3.13. The Morgan fingerprint density at radius 2 is 2.29 bits per heavy atom. The highest BCUT2D eigenvalue weighted by atomic mass is 35.5. The number of hydrogen-bond donors (Lipinski definition) is 2. The Hall–Kier alpha value is -1.17. The molecule has 0 saturated heterocycles. The highest BCUT2D eigenvalue weighted by molar-refractivity contribution is 6.31. The SMILES string of the molecule is NC(CO)c1c(Cl)cccc1[N+](=O)[O-]. The van der Waals surface area contributed by atoms with Gasteiger partial charge in [0.25, 0.3) is 5.69 Å². The topological polar surface area (TPSA) is 89.4 Å². The number of rotatable bonds is 3. The lowest BCUT2D eigenvalue weighted by Crippen LogP contribution is -2.16. The highest BCUT2D eigenvalue weighted by Crippen LogP contribution is 2.30. The van der Waals surface area contributed by atoms with Gasteiger partial charge in [-0.25, -0.2) is 0 Å². The van der Waals surface area contributed by atoms with Gasteiger partial charge in [-0.3, -0.25) is 10.1 Å². The lowest BCUT2D eigenvalue weighted by molar-refractivity contribution is -0.385. The highest BCUT2D eigenvalue weighted by Gasteiger charge is 2.21. The van der Waals surface area contributed by atoms with Crippen molar-refractivity contribution in [1.29, 1.82) is 0 Å². The molecule has 0 fully saturated rings. The Kier molecular flexibility index (Phi) is 3.40. The minimum atomic E-state index is -0.830. The van der Waals surface area contributed by atoms with Crippen molar-refractivity contribution in [2.45, 2.75) is 6.04 Å². The van der Waals surface area contributed by atoms with E-state index in [1.807, 2.05) is 0 Å². The van der Waals surface area contributed by atoms with Crippen molar-refractivity contribution in [2.75, 3.05) is 6.61 Å². The monoisotopic (exact) mass is 216 g/mol. The first-order valence-electron chi connectivity index (χ1n) is 3.87. The van der Waals surface area contributed by atoms with E-state index >= 15 is 0 Å². The summed E-state index contributed by atoms with van der Waals surface area (Å²) in [7, 11) is 0. The van der Waals surface area contributed by atoms with Gasteiger partial charge in [0.2, 0.25) is 0 Å². The molecule has 0 aromatic heterocycles. The Morgan fingerprint density at radius 3 is 2.79 bits per heavy atom. The minimum absolute atomic E-state index is 0.168. The van der Waals surface area contributed by atoms with Gasteiger partial charge >= 0.3 is 0 Å². The van der Waals surface area contributed by atoms with E-state index in [1.165, 1.54) is 18.2 Å². The zero-order valence-corrected chi connectivity index (χ0v) is 7.94. The summed E-state index contributed by atoms with van der Waals surface area (Å²) in [5, 5.41) is 19.6. The quantitative estimate of drug-likeness (QED) is 0.588. The fourth-order valence-corrected chi connectivity index (χ4v) is 1.45. The van der Waals surface area contributed by atoms with Crippen molar-refractivity contribution in [1.82, 2.24) is 0 Å². The number of hydrogen-bond acceptors (Lipinski definition) is 4. The molecule has 0 aliphatic carbocycles. The van der Waals surface area contributed by atoms with Crippen molar-refractivity contribution >= 4 is 17.3 Å². The summed E-state index contributed by atoms with van der Waals surface area (Å²) in [6, 6.07) is 3.44. The molecule has 1 atom stereocenters. The number of nitro groups is 1. The van der Waals surface area contributed by atoms with Gasteiger partial charge in [0.1, 0.15) is 0 Å². The van der Waals surface area contributed by atoms with Crippen LogP contribution in [0, 0.1) is 10.1 Å². The summed E-state index contributed by atoms with van der Waals surface area (Å²) >= 11 is 5.75. The van der Waals surface area contributed by atoms with E-state index in [1.54, 1.807) is 0 Å². The van der Waals surface area contributed by atoms with Crippen LogP contribution in [0.5, 0.6) is 0 Å². The third kappa shape index (κ3) is 2.01. The Morgan fingerprint density at radius 1 is 1.64 bits per heavy atom. The summed E-state index contributed by atoms with van der Waals surface area (Å²) in [5.41, 5.74) is 5.50. The Bertz CT molecular complexity index is 356. The zero-order valence-electron chi connectivity index (χ0n) is 7.18. The van der Waals surface area contributed by atoms with Gasteiger partial charge in [0.05, 0.1) is 28.2 Å². The van der Waals surface area contributed by atoms with Crippen LogP contribution in [0.3, 0.4) is 0 Å². The van der Waals surface area contributed by atoms with Crippen LogP contribution in [0.2, 0.25) is 5.02 Å². The number of benzene rings is 1. The van der Waals surface area contributed by atoms with E-state index < -0.39 is 11.0 Å². The van der Waals surface area contributed by atoms with Crippen LogP contribution < -0.4 is 5.73 Å². The van der Waals surface area contributed by atoms with Crippen molar-refractivity contribution in [2.24, 2.45) is 5.73 Å². The number of aliphatic hydroxyl groups is 1. The molecule has 1 aromatic carbocycles. The second-order valence-electron chi connectivity index (χ2n) is 2.72. The van der Waals surface area contributed by atoms with Crippen LogP contribution in [-0.4, -0.2) is 16.6 Å². The summed E-state index contributed by atoms with van der Waals surface area (Å²) in [5.74, 6) is 0. The molecule has 0 aliphatic heterocycles. The van der Waals surface area contributed by atoms with Gasteiger partial charge in [0, 0.05) is 6.07 Å². The van der Waals surface area contributed by atoms with Gasteiger partial charge in [-0.05, 0) is 6.07 Å². The largest absolute Gasteiger partial charge is 0.394 e. The third-order valence-electron chi connectivity index (χ3n) is 1.79. The normalized spacial score (nSPS) is 12.5. The standard InChI is InChI=1S/C8H9ClN2O3/c9-5-2-1-3-7(11(13)14)8(5)6(10)4-12/h1-3,6,12H,4,10H2. The summed E-state index contributed by atoms with van der Waals surface area (Å²) < 4.78 is 0. The molecule has 0 spiro atoms. The molecular formula is C8H9ClN2O3. The molecule has 5 nitrogen and oxygen atoms in total. The molecule has 76 valence electrons. The van der Waals surface area contributed by atoms with Gasteiger partial charge in [0.15, 0.2) is 0 Å². The summed E-state index contributed by atoms with van der Waals surface area (Å²) in [4.78, 5) is 10.0. The third-order valence-corrected chi connectivity index (χ3v) is 2.12. The van der Waals surface area contributed by atoms with Crippen LogP contribution in [0.25, 0.3) is 0 Å². The van der Waals surface area contributed by atoms with Crippen LogP contribution in [0.15, 0.2) is 18.2 Å². The lowest BCUT2D eigenvalue weighted by atomic mass is 10.1. The van der Waals surface area contributed by atoms with Crippen molar-refractivity contribution in [3.8, 4) is 0 Å². The van der Waals surface area contributed by atoms with Gasteiger partial charge in [-0.15, -0.1) is 0 Å². The fourth-order valence-electron chi connectivity index (χ4n) is 1.14. The van der Waals surface area contributed by atoms with E-state index in [4.69, 9.17) is 22.4 Å². The average molecular weight is 217 g/mol. The first-order valence-corrected chi connectivity index (χ1v) is 4.25. The summed E-state index contributed by atoms with van der Waals surface area (Å²) in [6.45, 7) is -0.384. The molecule has 1 aromatic rings. The lowest BCUT2D eigenvalue weighted by Gasteiger charge is -2.10. The maximum atomic E-state index is 10.6.